The monoisotopic (exact) mass is 390 g/mol. The number of esters is 1. The number of ether oxygens (including phenoxy) is 2. The molecule has 7 nitrogen and oxygen atoms in total. The Hall–Kier alpha value is -3.06. The van der Waals surface area contributed by atoms with E-state index in [2.05, 4.69) is 10.6 Å². The van der Waals surface area contributed by atoms with Crippen LogP contribution < -0.4 is 15.4 Å². The summed E-state index contributed by atoms with van der Waals surface area (Å²) in [6.45, 7) is 0.955. The van der Waals surface area contributed by atoms with Crippen LogP contribution >= 0.6 is 11.6 Å². The number of carbonyl (C=O) groups is 3. The molecule has 0 bridgehead atoms. The van der Waals surface area contributed by atoms with Crippen LogP contribution in [0.4, 0.5) is 5.69 Å². The van der Waals surface area contributed by atoms with E-state index in [9.17, 15) is 14.4 Å². The summed E-state index contributed by atoms with van der Waals surface area (Å²) < 4.78 is 9.95. The van der Waals surface area contributed by atoms with Crippen molar-refractivity contribution < 1.29 is 23.9 Å². The first-order valence-electron chi connectivity index (χ1n) is 8.03. The minimum Gasteiger partial charge on any atom is -0.496 e. The van der Waals surface area contributed by atoms with Gasteiger partial charge in [0, 0.05) is 10.7 Å². The number of carbonyl (C=O) groups excluding carboxylic acids is 3. The Morgan fingerprint density at radius 3 is 2.56 bits per heavy atom. The zero-order chi connectivity index (χ0) is 19.8. The normalized spacial score (nSPS) is 10.0. The number of methoxy groups -OCH3 is 1. The lowest BCUT2D eigenvalue weighted by molar-refractivity contribution is -0.146. The number of hydrogen-bond acceptors (Lipinski definition) is 5. The molecule has 0 radical (unpaired) electrons. The first-order chi connectivity index (χ1) is 12.9. The Kier molecular flexibility index (Phi) is 7.19. The molecule has 0 aliphatic rings. The van der Waals surface area contributed by atoms with Gasteiger partial charge in [0.15, 0.2) is 6.61 Å². The summed E-state index contributed by atoms with van der Waals surface area (Å²) in [6, 6.07) is 11.6. The van der Waals surface area contributed by atoms with Gasteiger partial charge in [-0.05, 0) is 42.8 Å². The molecular formula is C19H19ClN2O5. The fourth-order valence-corrected chi connectivity index (χ4v) is 2.46. The number of hydrogen-bond donors (Lipinski definition) is 2. The number of nitrogens with one attached hydrogen (secondary N) is 2. The van der Waals surface area contributed by atoms with Crippen molar-refractivity contribution in [3.05, 3.63) is 58.6 Å². The molecular weight excluding hydrogens is 372 g/mol. The summed E-state index contributed by atoms with van der Waals surface area (Å²) in [5, 5.41) is 5.60. The lowest BCUT2D eigenvalue weighted by Crippen LogP contribution is -2.32. The van der Waals surface area contributed by atoms with Crippen LogP contribution in [0, 0.1) is 6.92 Å². The molecule has 0 atom stereocenters. The van der Waals surface area contributed by atoms with Crippen LogP contribution in [0.25, 0.3) is 0 Å². The Balaban J connectivity index is 1.78. The third kappa shape index (κ3) is 6.00. The van der Waals surface area contributed by atoms with E-state index in [0.29, 0.717) is 22.0 Å². The molecule has 0 saturated carbocycles. The number of para-hydroxylation sites is 1. The van der Waals surface area contributed by atoms with Gasteiger partial charge >= 0.3 is 5.97 Å². The van der Waals surface area contributed by atoms with Crippen LogP contribution in [0.15, 0.2) is 42.5 Å². The molecule has 27 heavy (non-hydrogen) atoms. The maximum atomic E-state index is 12.1. The van der Waals surface area contributed by atoms with Gasteiger partial charge in [-0.25, -0.2) is 0 Å². The Labute approximate surface area is 161 Å². The largest absolute Gasteiger partial charge is 0.496 e. The Bertz CT molecular complexity index is 854. The van der Waals surface area contributed by atoms with Crippen LogP contribution in [0.2, 0.25) is 5.02 Å². The SMILES string of the molecule is COc1ccccc1C(=O)NCC(=O)OCC(=O)Nc1ccc(Cl)cc1C. The van der Waals surface area contributed by atoms with Crippen molar-refractivity contribution in [3.8, 4) is 5.75 Å². The van der Waals surface area contributed by atoms with Gasteiger partial charge < -0.3 is 20.1 Å². The van der Waals surface area contributed by atoms with E-state index >= 15 is 0 Å². The van der Waals surface area contributed by atoms with Gasteiger partial charge in [0.2, 0.25) is 0 Å². The molecule has 2 amide bonds. The van der Waals surface area contributed by atoms with Gasteiger partial charge in [-0.3, -0.25) is 14.4 Å². The highest BCUT2D eigenvalue weighted by Gasteiger charge is 2.14. The number of amides is 2. The molecule has 2 aromatic rings. The zero-order valence-corrected chi connectivity index (χ0v) is 15.6. The predicted octanol–water partition coefficient (Wildman–Crippen LogP) is 2.57. The first-order valence-corrected chi connectivity index (χ1v) is 8.41. The van der Waals surface area contributed by atoms with Crippen LogP contribution in [0.3, 0.4) is 0 Å². The molecule has 0 aromatic heterocycles. The van der Waals surface area contributed by atoms with Crippen LogP contribution in [-0.2, 0) is 14.3 Å². The second-order valence-electron chi connectivity index (χ2n) is 5.55. The molecule has 2 N–H and O–H groups in total. The molecule has 0 saturated heterocycles. The summed E-state index contributed by atoms with van der Waals surface area (Å²) in [7, 11) is 1.45. The van der Waals surface area contributed by atoms with Crippen molar-refractivity contribution >= 4 is 35.1 Å². The molecule has 0 unspecified atom stereocenters. The molecule has 142 valence electrons. The first kappa shape index (κ1) is 20.3. The number of anilines is 1. The predicted molar refractivity (Wildman–Crippen MR) is 101 cm³/mol. The number of aryl methyl sites for hydroxylation is 1. The van der Waals surface area contributed by atoms with E-state index in [1.165, 1.54) is 7.11 Å². The van der Waals surface area contributed by atoms with E-state index < -0.39 is 24.4 Å². The van der Waals surface area contributed by atoms with Crippen LogP contribution in [-0.4, -0.2) is 38.0 Å². The maximum Gasteiger partial charge on any atom is 0.325 e. The zero-order valence-electron chi connectivity index (χ0n) is 14.9. The molecule has 8 heteroatoms. The summed E-state index contributed by atoms with van der Waals surface area (Å²) in [5.74, 6) is -1.32. The second-order valence-corrected chi connectivity index (χ2v) is 5.99. The van der Waals surface area contributed by atoms with E-state index in [1.54, 1.807) is 49.4 Å². The van der Waals surface area contributed by atoms with Crippen molar-refractivity contribution in [1.82, 2.24) is 5.32 Å². The average Bonchev–Trinajstić information content (AvgIpc) is 2.66. The summed E-state index contributed by atoms with van der Waals surface area (Å²) >= 11 is 5.86. The van der Waals surface area contributed by atoms with Crippen molar-refractivity contribution in [2.24, 2.45) is 0 Å². The van der Waals surface area contributed by atoms with Crippen molar-refractivity contribution in [2.45, 2.75) is 6.92 Å². The fraction of sp³-hybridized carbons (Fsp3) is 0.211. The van der Waals surface area contributed by atoms with Gasteiger partial charge in [-0.15, -0.1) is 0 Å². The Morgan fingerprint density at radius 2 is 1.85 bits per heavy atom. The van der Waals surface area contributed by atoms with Crippen LogP contribution in [0.1, 0.15) is 15.9 Å². The number of rotatable bonds is 7. The summed E-state index contributed by atoms with van der Waals surface area (Å²) in [4.78, 5) is 35.7. The quantitative estimate of drug-likeness (QED) is 0.709. The second kappa shape index (κ2) is 9.59. The third-order valence-corrected chi connectivity index (χ3v) is 3.81. The molecule has 2 rings (SSSR count). The minimum absolute atomic E-state index is 0.295. The van der Waals surface area contributed by atoms with Crippen LogP contribution in [0.5, 0.6) is 5.75 Å². The highest BCUT2D eigenvalue weighted by molar-refractivity contribution is 6.30. The van der Waals surface area contributed by atoms with Gasteiger partial charge in [-0.1, -0.05) is 23.7 Å². The smallest absolute Gasteiger partial charge is 0.325 e. The maximum absolute atomic E-state index is 12.1. The summed E-state index contributed by atoms with van der Waals surface area (Å²) in [6.07, 6.45) is 0. The lowest BCUT2D eigenvalue weighted by Gasteiger charge is -2.10. The van der Waals surface area contributed by atoms with Gasteiger partial charge in [0.1, 0.15) is 12.3 Å². The van der Waals surface area contributed by atoms with E-state index in [4.69, 9.17) is 21.1 Å². The number of halogens is 1. The highest BCUT2D eigenvalue weighted by atomic mass is 35.5. The van der Waals surface area contributed by atoms with E-state index in [1.807, 2.05) is 0 Å². The van der Waals surface area contributed by atoms with Gasteiger partial charge in [0.05, 0.1) is 12.7 Å². The fourth-order valence-electron chi connectivity index (χ4n) is 2.23. The third-order valence-electron chi connectivity index (χ3n) is 3.57. The van der Waals surface area contributed by atoms with Gasteiger partial charge in [-0.2, -0.15) is 0 Å². The molecule has 0 aliphatic heterocycles. The summed E-state index contributed by atoms with van der Waals surface area (Å²) in [5.41, 5.74) is 1.65. The average molecular weight is 391 g/mol. The van der Waals surface area contributed by atoms with Crippen molar-refractivity contribution in [3.63, 3.8) is 0 Å². The molecule has 0 fully saturated rings. The molecule has 0 spiro atoms. The standard InChI is InChI=1S/C19H19ClN2O5/c1-12-9-13(20)7-8-15(12)22-17(23)11-27-18(24)10-21-19(25)14-5-3-4-6-16(14)26-2/h3-9H,10-11H2,1-2H3,(H,21,25)(H,22,23). The van der Waals surface area contributed by atoms with E-state index in [-0.39, 0.29) is 6.54 Å². The lowest BCUT2D eigenvalue weighted by atomic mass is 10.2. The number of benzene rings is 2. The minimum atomic E-state index is -0.735. The van der Waals surface area contributed by atoms with E-state index in [0.717, 1.165) is 5.56 Å². The highest BCUT2D eigenvalue weighted by Crippen LogP contribution is 2.19. The van der Waals surface area contributed by atoms with Crippen molar-refractivity contribution in [1.29, 1.82) is 0 Å². The molecule has 2 aromatic carbocycles. The Morgan fingerprint density at radius 1 is 1.11 bits per heavy atom. The van der Waals surface area contributed by atoms with Gasteiger partial charge in [0.25, 0.3) is 11.8 Å². The molecule has 0 heterocycles. The van der Waals surface area contributed by atoms with Crippen molar-refractivity contribution in [2.75, 3.05) is 25.6 Å². The molecule has 0 aliphatic carbocycles. The topological polar surface area (TPSA) is 93.7 Å².